The van der Waals surface area contributed by atoms with Crippen LogP contribution in [-0.4, -0.2) is 9.97 Å². The normalized spacial score (nSPS) is 21.7. The Morgan fingerprint density at radius 2 is 1.50 bits per heavy atom. The average molecular weight is 294 g/mol. The van der Waals surface area contributed by atoms with Crippen molar-refractivity contribution in [1.82, 2.24) is 9.97 Å². The minimum absolute atomic E-state index is 0.569. The van der Waals surface area contributed by atoms with Gasteiger partial charge in [-0.25, -0.2) is 9.97 Å². The first-order chi connectivity index (χ1) is 10.8. The molecule has 3 rings (SSSR count). The second kappa shape index (κ2) is 7.04. The van der Waals surface area contributed by atoms with Crippen LogP contribution >= 0.6 is 0 Å². The molecule has 0 bridgehead atoms. The molecular weight excluding hydrogens is 268 g/mol. The second-order valence-electron chi connectivity index (χ2n) is 6.51. The Bertz CT molecular complexity index is 578. The fourth-order valence-electron chi connectivity index (χ4n) is 3.46. The highest BCUT2D eigenvalue weighted by Gasteiger charge is 2.23. The van der Waals surface area contributed by atoms with E-state index in [1.165, 1.54) is 43.2 Å². The summed E-state index contributed by atoms with van der Waals surface area (Å²) in [6.07, 6.45) is 11.6. The lowest BCUT2D eigenvalue weighted by Gasteiger charge is -2.26. The van der Waals surface area contributed by atoms with Gasteiger partial charge in [-0.15, -0.1) is 0 Å². The fourth-order valence-corrected chi connectivity index (χ4v) is 3.46. The molecule has 1 aliphatic rings. The van der Waals surface area contributed by atoms with E-state index in [2.05, 4.69) is 48.1 Å². The highest BCUT2D eigenvalue weighted by atomic mass is 14.9. The Hall–Kier alpha value is -1.70. The summed E-state index contributed by atoms with van der Waals surface area (Å²) < 4.78 is 0. The minimum atomic E-state index is 0.569. The number of aryl methyl sites for hydroxylation is 1. The minimum Gasteiger partial charge on any atom is -0.240 e. The number of hydrogen-bond acceptors (Lipinski definition) is 2. The second-order valence-corrected chi connectivity index (χ2v) is 6.51. The van der Waals surface area contributed by atoms with Gasteiger partial charge >= 0.3 is 0 Å². The fraction of sp³-hybridized carbons (Fsp3) is 0.500. The lowest BCUT2D eigenvalue weighted by molar-refractivity contribution is 0.312. The van der Waals surface area contributed by atoms with Crippen molar-refractivity contribution in [3.05, 3.63) is 48.0 Å². The van der Waals surface area contributed by atoms with Crippen molar-refractivity contribution in [2.45, 2.75) is 58.3 Å². The largest absolute Gasteiger partial charge is 0.240 e. The first kappa shape index (κ1) is 15.2. The summed E-state index contributed by atoms with van der Waals surface area (Å²) in [4.78, 5) is 9.32. The zero-order valence-corrected chi connectivity index (χ0v) is 13.8. The lowest BCUT2D eigenvalue weighted by atomic mass is 9.80. The van der Waals surface area contributed by atoms with Crippen LogP contribution in [0.1, 0.15) is 63.3 Å². The highest BCUT2D eigenvalue weighted by Crippen LogP contribution is 2.35. The van der Waals surface area contributed by atoms with E-state index in [-0.39, 0.29) is 0 Å². The van der Waals surface area contributed by atoms with Gasteiger partial charge in [-0.2, -0.15) is 0 Å². The topological polar surface area (TPSA) is 25.8 Å². The van der Waals surface area contributed by atoms with Crippen molar-refractivity contribution in [2.75, 3.05) is 0 Å². The van der Waals surface area contributed by atoms with Crippen molar-refractivity contribution in [3.63, 3.8) is 0 Å². The van der Waals surface area contributed by atoms with Crippen molar-refractivity contribution < 1.29 is 0 Å². The third-order valence-corrected chi connectivity index (χ3v) is 5.16. The third kappa shape index (κ3) is 3.37. The molecule has 1 aliphatic carbocycles. The molecule has 0 unspecified atom stereocenters. The number of aromatic nitrogens is 2. The Morgan fingerprint density at radius 3 is 2.05 bits per heavy atom. The lowest BCUT2D eigenvalue weighted by Crippen LogP contribution is -2.14. The van der Waals surface area contributed by atoms with Gasteiger partial charge < -0.3 is 0 Å². The molecule has 1 fully saturated rings. The van der Waals surface area contributed by atoms with E-state index < -0.39 is 0 Å². The third-order valence-electron chi connectivity index (χ3n) is 5.16. The van der Waals surface area contributed by atoms with E-state index in [0.717, 1.165) is 23.7 Å². The van der Waals surface area contributed by atoms with Crippen LogP contribution in [-0.2, 0) is 6.42 Å². The van der Waals surface area contributed by atoms with E-state index in [1.54, 1.807) is 0 Å². The molecule has 1 heterocycles. The Labute approximate surface area is 134 Å². The number of benzene rings is 1. The number of rotatable bonds is 4. The van der Waals surface area contributed by atoms with Crippen molar-refractivity contribution >= 4 is 0 Å². The summed E-state index contributed by atoms with van der Waals surface area (Å²) in [5, 5.41) is 0. The molecule has 2 heteroatoms. The van der Waals surface area contributed by atoms with E-state index in [9.17, 15) is 0 Å². The molecule has 116 valence electrons. The van der Waals surface area contributed by atoms with E-state index in [0.29, 0.717) is 5.92 Å². The van der Waals surface area contributed by atoms with Crippen molar-refractivity contribution in [3.8, 4) is 11.1 Å². The van der Waals surface area contributed by atoms with Crippen LogP contribution < -0.4 is 0 Å². The van der Waals surface area contributed by atoms with Gasteiger partial charge in [-0.05, 0) is 49.1 Å². The SMILES string of the molecule is CCc1ccc(-c2cnc(C3CCC(CC)CC3)nc2)cc1. The molecular formula is C20H26N2. The zero-order chi connectivity index (χ0) is 15.4. The maximum Gasteiger partial charge on any atom is 0.131 e. The van der Waals surface area contributed by atoms with Crippen LogP contribution in [0.2, 0.25) is 0 Å². The van der Waals surface area contributed by atoms with E-state index >= 15 is 0 Å². The van der Waals surface area contributed by atoms with Gasteiger partial charge in [-0.1, -0.05) is 44.5 Å². The molecule has 22 heavy (non-hydrogen) atoms. The van der Waals surface area contributed by atoms with Gasteiger partial charge in [0.25, 0.3) is 0 Å². The average Bonchev–Trinajstić information content (AvgIpc) is 2.62. The smallest absolute Gasteiger partial charge is 0.131 e. The maximum absolute atomic E-state index is 4.66. The number of nitrogens with zero attached hydrogens (tertiary/aromatic N) is 2. The Morgan fingerprint density at radius 1 is 0.864 bits per heavy atom. The molecule has 0 spiro atoms. The van der Waals surface area contributed by atoms with E-state index in [1.807, 2.05) is 12.4 Å². The highest BCUT2D eigenvalue weighted by molar-refractivity contribution is 5.61. The zero-order valence-electron chi connectivity index (χ0n) is 13.8. The van der Waals surface area contributed by atoms with Crippen LogP contribution in [0.25, 0.3) is 11.1 Å². The summed E-state index contributed by atoms with van der Waals surface area (Å²) in [7, 11) is 0. The van der Waals surface area contributed by atoms with Crippen LogP contribution in [0.15, 0.2) is 36.7 Å². The molecule has 0 N–H and O–H groups in total. The predicted octanol–water partition coefficient (Wildman–Crippen LogP) is 5.39. The van der Waals surface area contributed by atoms with Crippen molar-refractivity contribution in [1.29, 1.82) is 0 Å². The van der Waals surface area contributed by atoms with Crippen LogP contribution in [0, 0.1) is 5.92 Å². The molecule has 0 atom stereocenters. The maximum atomic E-state index is 4.66. The molecule has 0 radical (unpaired) electrons. The molecule has 1 saturated carbocycles. The summed E-state index contributed by atoms with van der Waals surface area (Å²) in [6, 6.07) is 8.72. The first-order valence-corrected chi connectivity index (χ1v) is 8.71. The quantitative estimate of drug-likeness (QED) is 0.755. The van der Waals surface area contributed by atoms with Gasteiger partial charge in [0, 0.05) is 23.9 Å². The first-order valence-electron chi connectivity index (χ1n) is 8.71. The molecule has 0 amide bonds. The van der Waals surface area contributed by atoms with Gasteiger partial charge in [-0.3, -0.25) is 0 Å². The van der Waals surface area contributed by atoms with Gasteiger partial charge in [0.05, 0.1) is 0 Å². The van der Waals surface area contributed by atoms with Gasteiger partial charge in [0.2, 0.25) is 0 Å². The molecule has 1 aromatic heterocycles. The van der Waals surface area contributed by atoms with Gasteiger partial charge in [0.1, 0.15) is 5.82 Å². The molecule has 1 aromatic carbocycles. The van der Waals surface area contributed by atoms with Crippen LogP contribution in [0.5, 0.6) is 0 Å². The molecule has 2 aromatic rings. The summed E-state index contributed by atoms with van der Waals surface area (Å²) in [5.74, 6) is 2.54. The summed E-state index contributed by atoms with van der Waals surface area (Å²) in [6.45, 7) is 4.49. The summed E-state index contributed by atoms with van der Waals surface area (Å²) >= 11 is 0. The van der Waals surface area contributed by atoms with Crippen molar-refractivity contribution in [2.24, 2.45) is 5.92 Å². The monoisotopic (exact) mass is 294 g/mol. The van der Waals surface area contributed by atoms with E-state index in [4.69, 9.17) is 0 Å². The Kier molecular flexibility index (Phi) is 4.87. The number of hydrogen-bond donors (Lipinski definition) is 0. The molecule has 0 saturated heterocycles. The molecule has 0 aliphatic heterocycles. The Balaban J connectivity index is 1.69. The van der Waals surface area contributed by atoms with Gasteiger partial charge in [0.15, 0.2) is 0 Å². The standard InChI is InChI=1S/C20H26N2/c1-3-15-5-9-17(10-6-15)19-13-21-20(22-14-19)18-11-7-16(4-2)8-12-18/h5-6,9-10,13-14,16,18H,3-4,7-8,11-12H2,1-2H3. The van der Waals surface area contributed by atoms with Crippen LogP contribution in [0.3, 0.4) is 0 Å². The van der Waals surface area contributed by atoms with Crippen LogP contribution in [0.4, 0.5) is 0 Å². The predicted molar refractivity (Wildman–Crippen MR) is 91.8 cm³/mol. The summed E-state index contributed by atoms with van der Waals surface area (Å²) in [5.41, 5.74) is 3.70. The molecule has 2 nitrogen and oxygen atoms in total.